The molecule has 8 heteroatoms. The molecule has 0 radical (unpaired) electrons. The van der Waals surface area contributed by atoms with E-state index in [2.05, 4.69) is 12.0 Å². The lowest BCUT2D eigenvalue weighted by atomic mass is 10.00. The van der Waals surface area contributed by atoms with Gasteiger partial charge in [-0.2, -0.15) is 5.10 Å². The summed E-state index contributed by atoms with van der Waals surface area (Å²) < 4.78 is 32.1. The summed E-state index contributed by atoms with van der Waals surface area (Å²) in [5, 5.41) is 11.3. The molecule has 176 valence electrons. The third-order valence-corrected chi connectivity index (χ3v) is 7.78. The monoisotopic (exact) mass is 484 g/mol. The maximum absolute atomic E-state index is 12.1. The molecule has 1 aliphatic carbocycles. The average molecular weight is 485 g/mol. The molecule has 2 aromatic heterocycles. The van der Waals surface area contributed by atoms with Crippen LogP contribution >= 0.6 is 0 Å². The van der Waals surface area contributed by atoms with Crippen molar-refractivity contribution >= 4 is 26.4 Å². The lowest BCUT2D eigenvalue weighted by Gasteiger charge is -2.16. The number of hydrogen-bond donors (Lipinski definition) is 1. The second-order valence-electron chi connectivity index (χ2n) is 9.03. The molecule has 0 aliphatic heterocycles. The molecule has 1 fully saturated rings. The van der Waals surface area contributed by atoms with Crippen molar-refractivity contribution < 1.29 is 13.2 Å². The van der Waals surface area contributed by atoms with Gasteiger partial charge < -0.3 is 4.74 Å². The summed E-state index contributed by atoms with van der Waals surface area (Å²) in [6.07, 6.45) is 8.78. The molecule has 1 saturated carbocycles. The molecule has 2 N–H and O–H groups in total. The fourth-order valence-electron chi connectivity index (χ4n) is 4.60. The van der Waals surface area contributed by atoms with E-state index in [1.807, 2.05) is 48.8 Å². The smallest absolute Gasteiger partial charge is 0.238 e. The number of fused-ring (bicyclic) bond motifs is 2. The van der Waals surface area contributed by atoms with Crippen LogP contribution in [-0.2, 0) is 10.0 Å². The van der Waals surface area contributed by atoms with Crippen molar-refractivity contribution in [1.82, 2.24) is 14.6 Å². The Bertz CT molecular complexity index is 1690. The third kappa shape index (κ3) is 3.84. The number of primary sulfonamides is 1. The molecule has 6 rings (SSSR count). The van der Waals surface area contributed by atoms with E-state index in [4.69, 9.17) is 14.9 Å². The number of nitrogens with zero attached hydrogens (tertiary/aromatic N) is 3. The molecule has 1 aliphatic rings. The Balaban J connectivity index is 1.37. The van der Waals surface area contributed by atoms with Gasteiger partial charge >= 0.3 is 0 Å². The molecule has 0 unspecified atom stereocenters. The van der Waals surface area contributed by atoms with Crippen LogP contribution < -0.4 is 9.88 Å². The number of rotatable bonds is 6. The van der Waals surface area contributed by atoms with Crippen LogP contribution in [0.2, 0.25) is 0 Å². The highest BCUT2D eigenvalue weighted by molar-refractivity contribution is 7.89. The van der Waals surface area contributed by atoms with Crippen LogP contribution in [0.1, 0.15) is 26.2 Å². The van der Waals surface area contributed by atoms with Gasteiger partial charge in [-0.3, -0.25) is 0 Å². The predicted molar refractivity (Wildman–Crippen MR) is 136 cm³/mol. The number of benzene rings is 3. The normalized spacial score (nSPS) is 14.9. The molecule has 35 heavy (non-hydrogen) atoms. The van der Waals surface area contributed by atoms with Gasteiger partial charge in [0.25, 0.3) is 0 Å². The molecule has 5 aromatic rings. The molecule has 0 amide bonds. The van der Waals surface area contributed by atoms with Gasteiger partial charge in [-0.15, -0.1) is 0 Å². The third-order valence-electron chi connectivity index (χ3n) is 6.81. The van der Waals surface area contributed by atoms with Crippen LogP contribution in [0.3, 0.4) is 0 Å². The van der Waals surface area contributed by atoms with Crippen LogP contribution in [-0.4, -0.2) is 28.6 Å². The number of hydrogen-bond acceptors (Lipinski definition) is 5. The Kier molecular flexibility index (Phi) is 4.91. The minimum atomic E-state index is -3.85. The van der Waals surface area contributed by atoms with E-state index in [9.17, 15) is 8.42 Å². The maximum Gasteiger partial charge on any atom is 0.238 e. The topological polar surface area (TPSA) is 99.6 Å². The Morgan fingerprint density at radius 1 is 0.943 bits per heavy atom. The SMILES string of the molecule is CCC1(Oc2ccc(-c3cnc4c(-c5ccc(S(N)(=O)=O)c6ccccc56)cnn4c3)cc2)CC1. The second kappa shape index (κ2) is 7.90. The van der Waals surface area contributed by atoms with Crippen molar-refractivity contribution in [3.05, 3.63) is 79.3 Å². The van der Waals surface area contributed by atoms with E-state index in [1.165, 1.54) is 0 Å². The van der Waals surface area contributed by atoms with Gasteiger partial charge in [-0.25, -0.2) is 23.1 Å². The highest BCUT2D eigenvalue weighted by atomic mass is 32.2. The highest BCUT2D eigenvalue weighted by Gasteiger charge is 2.43. The van der Waals surface area contributed by atoms with Crippen molar-refractivity contribution in [3.8, 4) is 28.0 Å². The lowest BCUT2D eigenvalue weighted by molar-refractivity contribution is 0.174. The van der Waals surface area contributed by atoms with Crippen molar-refractivity contribution in [3.63, 3.8) is 0 Å². The summed E-state index contributed by atoms with van der Waals surface area (Å²) >= 11 is 0. The fraction of sp³-hybridized carbons (Fsp3) is 0.185. The van der Waals surface area contributed by atoms with Crippen molar-refractivity contribution in [2.75, 3.05) is 0 Å². The van der Waals surface area contributed by atoms with Gasteiger partial charge in [0.05, 0.1) is 11.1 Å². The summed E-state index contributed by atoms with van der Waals surface area (Å²) in [6.45, 7) is 2.16. The van der Waals surface area contributed by atoms with Crippen LogP contribution in [0.15, 0.2) is 84.1 Å². The Morgan fingerprint density at radius 2 is 1.69 bits per heavy atom. The molecule has 0 bridgehead atoms. The van der Waals surface area contributed by atoms with Gasteiger partial charge in [0.2, 0.25) is 10.0 Å². The maximum atomic E-state index is 12.1. The summed E-state index contributed by atoms with van der Waals surface area (Å²) in [5.41, 5.74) is 4.32. The first-order chi connectivity index (χ1) is 16.9. The zero-order valence-electron chi connectivity index (χ0n) is 19.2. The van der Waals surface area contributed by atoms with E-state index in [0.29, 0.717) is 11.0 Å². The average Bonchev–Trinajstić information content (AvgIpc) is 3.51. The lowest BCUT2D eigenvalue weighted by Crippen LogP contribution is -2.16. The van der Waals surface area contributed by atoms with Crippen LogP contribution in [0.5, 0.6) is 5.75 Å². The predicted octanol–water partition coefficient (Wildman–Crippen LogP) is 5.19. The van der Waals surface area contributed by atoms with Gasteiger partial charge in [-0.05, 0) is 54.0 Å². The van der Waals surface area contributed by atoms with Gasteiger partial charge in [-0.1, -0.05) is 49.4 Å². The molecule has 0 atom stereocenters. The van der Waals surface area contributed by atoms with Gasteiger partial charge in [0.15, 0.2) is 5.65 Å². The first kappa shape index (κ1) is 21.8. The van der Waals surface area contributed by atoms with Gasteiger partial charge in [0, 0.05) is 28.9 Å². The summed E-state index contributed by atoms with van der Waals surface area (Å²) in [5.74, 6) is 0.887. The Hall–Kier alpha value is -3.75. The number of sulfonamides is 1. The number of ether oxygens (including phenoxy) is 1. The first-order valence-electron chi connectivity index (χ1n) is 11.5. The minimum Gasteiger partial charge on any atom is -0.487 e. The second-order valence-corrected chi connectivity index (χ2v) is 10.6. The number of nitrogens with two attached hydrogens (primary N) is 1. The molecule has 3 aromatic carbocycles. The Morgan fingerprint density at radius 3 is 2.37 bits per heavy atom. The molecule has 7 nitrogen and oxygen atoms in total. The minimum absolute atomic E-state index is 0.0319. The van der Waals surface area contributed by atoms with E-state index in [0.717, 1.165) is 52.7 Å². The van der Waals surface area contributed by atoms with E-state index < -0.39 is 10.0 Å². The molecular weight excluding hydrogens is 460 g/mol. The quantitative estimate of drug-likeness (QED) is 0.358. The summed E-state index contributed by atoms with van der Waals surface area (Å²) in [4.78, 5) is 4.80. The van der Waals surface area contributed by atoms with Crippen molar-refractivity contribution in [2.24, 2.45) is 5.14 Å². The molecule has 2 heterocycles. The van der Waals surface area contributed by atoms with E-state index in [-0.39, 0.29) is 10.5 Å². The van der Waals surface area contributed by atoms with E-state index in [1.54, 1.807) is 35.0 Å². The first-order valence-corrected chi connectivity index (χ1v) is 13.1. The summed E-state index contributed by atoms with van der Waals surface area (Å²) in [6, 6.07) is 18.7. The van der Waals surface area contributed by atoms with Crippen molar-refractivity contribution in [1.29, 1.82) is 0 Å². The van der Waals surface area contributed by atoms with Crippen LogP contribution in [0, 0.1) is 0 Å². The standard InChI is InChI=1S/C27H24N4O3S/c1-2-27(13-14-27)34-20-9-7-18(8-10-20)19-15-29-26-24(16-30-31(26)17-19)22-11-12-25(35(28,32)33)23-6-4-3-5-21(22)23/h3-12,15-17H,2,13-14H2,1H3,(H2,28,32,33). The zero-order valence-corrected chi connectivity index (χ0v) is 20.0. The highest BCUT2D eigenvalue weighted by Crippen LogP contribution is 2.43. The van der Waals surface area contributed by atoms with Crippen LogP contribution in [0.25, 0.3) is 38.7 Å². The van der Waals surface area contributed by atoms with Crippen molar-refractivity contribution in [2.45, 2.75) is 36.7 Å². The Labute approximate surface area is 203 Å². The van der Waals surface area contributed by atoms with E-state index >= 15 is 0 Å². The summed E-state index contributed by atoms with van der Waals surface area (Å²) in [7, 11) is -3.85. The molecule has 0 spiro atoms. The molecular formula is C27H24N4O3S. The number of aromatic nitrogens is 3. The largest absolute Gasteiger partial charge is 0.487 e. The fourth-order valence-corrected chi connectivity index (χ4v) is 5.34. The zero-order chi connectivity index (χ0) is 24.2. The van der Waals surface area contributed by atoms with Crippen LogP contribution in [0.4, 0.5) is 0 Å². The van der Waals surface area contributed by atoms with Gasteiger partial charge in [0.1, 0.15) is 11.4 Å². The molecule has 0 saturated heterocycles.